The van der Waals surface area contributed by atoms with Crippen LogP contribution < -0.4 is 10.1 Å². The molecule has 0 bridgehead atoms. The monoisotopic (exact) mass is 503 g/mol. The zero-order valence-electron chi connectivity index (χ0n) is 21.1. The quantitative estimate of drug-likeness (QED) is 0.296. The molecule has 4 aromatic rings. The number of carbonyl (C=O) groups excluding carboxylic acids is 1. The lowest BCUT2D eigenvalue weighted by molar-refractivity contribution is 0.0943. The highest BCUT2D eigenvalue weighted by Gasteiger charge is 2.26. The molecule has 37 heavy (non-hydrogen) atoms. The molecule has 1 fully saturated rings. The van der Waals surface area contributed by atoms with Crippen molar-refractivity contribution >= 4 is 11.4 Å². The van der Waals surface area contributed by atoms with E-state index in [-0.39, 0.29) is 24.5 Å². The molecule has 0 radical (unpaired) electrons. The molecule has 1 aliphatic carbocycles. The minimum absolute atomic E-state index is 0.0572. The molecular weight excluding hydrogens is 472 g/mol. The van der Waals surface area contributed by atoms with Crippen LogP contribution in [-0.2, 0) is 13.0 Å². The first-order chi connectivity index (χ1) is 17.9. The molecule has 1 N–H and O–H groups in total. The van der Waals surface area contributed by atoms with E-state index in [0.29, 0.717) is 17.7 Å². The van der Waals surface area contributed by atoms with E-state index in [4.69, 9.17) is 4.74 Å². The summed E-state index contributed by atoms with van der Waals surface area (Å²) in [6.45, 7) is 4.21. The molecule has 7 heteroatoms. The van der Waals surface area contributed by atoms with Gasteiger partial charge in [-0.2, -0.15) is 0 Å². The van der Waals surface area contributed by atoms with E-state index in [2.05, 4.69) is 24.1 Å². The predicted molar refractivity (Wildman–Crippen MR) is 139 cm³/mol. The van der Waals surface area contributed by atoms with Gasteiger partial charge in [0, 0.05) is 30.4 Å². The minimum Gasteiger partial charge on any atom is -0.489 e. The zero-order chi connectivity index (χ0) is 25.9. The first kappa shape index (κ1) is 24.9. The molecule has 5 rings (SSSR count). The fraction of sp³-hybridized carbons (Fsp3) is 0.333. The Bertz CT molecular complexity index is 1410. The second-order valence-electron chi connectivity index (χ2n) is 9.97. The lowest BCUT2D eigenvalue weighted by atomic mass is 9.94. The fourth-order valence-electron chi connectivity index (χ4n) is 5.23. The van der Waals surface area contributed by atoms with Crippen molar-refractivity contribution in [3.8, 4) is 5.75 Å². The van der Waals surface area contributed by atoms with E-state index in [0.717, 1.165) is 53.1 Å². The Morgan fingerprint density at radius 2 is 1.92 bits per heavy atom. The number of pyridine rings is 2. The Hall–Kier alpha value is -3.74. The molecule has 3 heterocycles. The lowest BCUT2D eigenvalue weighted by Crippen LogP contribution is -2.25. The maximum Gasteiger partial charge on any atom is 0.268 e. The number of carbonyl (C=O) groups is 1. The van der Waals surface area contributed by atoms with Gasteiger partial charge in [0.05, 0.1) is 12.3 Å². The smallest absolute Gasteiger partial charge is 0.268 e. The summed E-state index contributed by atoms with van der Waals surface area (Å²) in [5.74, 6) is -1.35. The number of hydrogen-bond acceptors (Lipinski definition) is 3. The Kier molecular flexibility index (Phi) is 7.22. The van der Waals surface area contributed by atoms with Gasteiger partial charge in [0.15, 0.2) is 11.6 Å². The van der Waals surface area contributed by atoms with E-state index in [1.807, 2.05) is 40.9 Å². The Labute approximate surface area is 215 Å². The van der Waals surface area contributed by atoms with Crippen molar-refractivity contribution in [2.75, 3.05) is 0 Å². The largest absolute Gasteiger partial charge is 0.489 e. The molecule has 0 spiro atoms. The Balaban J connectivity index is 1.56. The molecule has 0 saturated heterocycles. The van der Waals surface area contributed by atoms with E-state index >= 15 is 0 Å². The number of halogens is 2. The first-order valence-electron chi connectivity index (χ1n) is 12.9. The summed E-state index contributed by atoms with van der Waals surface area (Å²) in [4.78, 5) is 18.2. The van der Waals surface area contributed by atoms with Crippen LogP contribution in [0.1, 0.15) is 78.3 Å². The van der Waals surface area contributed by atoms with Crippen molar-refractivity contribution in [2.45, 2.75) is 64.5 Å². The number of nitrogens with zero attached hydrogens (tertiary/aromatic N) is 2. The van der Waals surface area contributed by atoms with Gasteiger partial charge in [0.2, 0.25) is 0 Å². The average Bonchev–Trinajstić information content (AvgIpc) is 3.51. The molecule has 1 aliphatic rings. The highest BCUT2D eigenvalue weighted by atomic mass is 19.2. The summed E-state index contributed by atoms with van der Waals surface area (Å²) in [7, 11) is 0. The van der Waals surface area contributed by atoms with Crippen molar-refractivity contribution in [3.63, 3.8) is 0 Å². The summed E-state index contributed by atoms with van der Waals surface area (Å²) in [6, 6.07) is 13.5. The van der Waals surface area contributed by atoms with Crippen LogP contribution in [0, 0.1) is 11.6 Å². The SMILES string of the molecule is CC(C)c1c(Cc2ccccn2)c2ccc(OC3CCCC3)cn2c1C(=O)NCc1ccc(F)c(F)c1. The van der Waals surface area contributed by atoms with Crippen LogP contribution >= 0.6 is 0 Å². The third-order valence-corrected chi connectivity index (χ3v) is 6.97. The maximum atomic E-state index is 13.7. The van der Waals surface area contributed by atoms with E-state index in [1.54, 1.807) is 6.20 Å². The molecule has 5 nitrogen and oxygen atoms in total. The van der Waals surface area contributed by atoms with E-state index < -0.39 is 11.6 Å². The summed E-state index contributed by atoms with van der Waals surface area (Å²) < 4.78 is 35.2. The van der Waals surface area contributed by atoms with Gasteiger partial charge in [0.1, 0.15) is 11.4 Å². The van der Waals surface area contributed by atoms with Crippen LogP contribution in [0.25, 0.3) is 5.52 Å². The standard InChI is InChI=1S/C30H31F2N3O2/c1-19(2)28-24(16-21-7-5-6-14-33-21)27-13-11-23(37-22-8-3-4-9-22)18-35(27)29(28)30(36)34-17-20-10-12-25(31)26(32)15-20/h5-7,10-15,18-19,22H,3-4,8-9,16-17H2,1-2H3,(H,34,36). The van der Waals surface area contributed by atoms with Gasteiger partial charge in [-0.05, 0) is 84.7 Å². The van der Waals surface area contributed by atoms with Gasteiger partial charge >= 0.3 is 0 Å². The molecule has 3 aromatic heterocycles. The van der Waals surface area contributed by atoms with Gasteiger partial charge in [-0.1, -0.05) is 26.0 Å². The summed E-state index contributed by atoms with van der Waals surface area (Å²) >= 11 is 0. The molecule has 1 amide bonds. The summed E-state index contributed by atoms with van der Waals surface area (Å²) in [6.07, 6.45) is 8.84. The molecule has 1 saturated carbocycles. The molecular formula is C30H31F2N3O2. The number of benzene rings is 1. The summed E-state index contributed by atoms with van der Waals surface area (Å²) in [5, 5.41) is 2.91. The van der Waals surface area contributed by atoms with Crippen molar-refractivity contribution in [2.24, 2.45) is 0 Å². The predicted octanol–water partition coefficient (Wildman–Crippen LogP) is 6.58. The van der Waals surface area contributed by atoms with Crippen LogP contribution in [0.4, 0.5) is 8.78 Å². The molecule has 192 valence electrons. The molecule has 0 atom stereocenters. The van der Waals surface area contributed by atoms with Crippen LogP contribution in [0.3, 0.4) is 0 Å². The number of hydrogen-bond donors (Lipinski definition) is 1. The van der Waals surface area contributed by atoms with Crippen molar-refractivity contribution in [1.29, 1.82) is 0 Å². The number of fused-ring (bicyclic) bond motifs is 1. The van der Waals surface area contributed by atoms with Crippen molar-refractivity contribution in [1.82, 2.24) is 14.7 Å². The van der Waals surface area contributed by atoms with Crippen LogP contribution in [0.2, 0.25) is 0 Å². The van der Waals surface area contributed by atoms with Crippen LogP contribution in [-0.4, -0.2) is 21.4 Å². The Morgan fingerprint density at radius 1 is 1.11 bits per heavy atom. The average molecular weight is 504 g/mol. The van der Waals surface area contributed by atoms with Gasteiger partial charge in [-0.15, -0.1) is 0 Å². The van der Waals surface area contributed by atoms with Crippen LogP contribution in [0.15, 0.2) is 60.9 Å². The van der Waals surface area contributed by atoms with Gasteiger partial charge in [0.25, 0.3) is 5.91 Å². The minimum atomic E-state index is -0.936. The van der Waals surface area contributed by atoms with Gasteiger partial charge in [-0.25, -0.2) is 8.78 Å². The Morgan fingerprint density at radius 3 is 2.62 bits per heavy atom. The normalized spacial score (nSPS) is 14.0. The van der Waals surface area contributed by atoms with Crippen molar-refractivity contribution < 1.29 is 18.3 Å². The zero-order valence-corrected chi connectivity index (χ0v) is 21.1. The topological polar surface area (TPSA) is 55.6 Å². The van der Waals surface area contributed by atoms with Crippen LogP contribution in [0.5, 0.6) is 5.75 Å². The van der Waals surface area contributed by atoms with Gasteiger partial charge < -0.3 is 14.5 Å². The number of nitrogens with one attached hydrogen (secondary N) is 1. The van der Waals surface area contributed by atoms with Gasteiger partial charge in [-0.3, -0.25) is 9.78 Å². The highest BCUT2D eigenvalue weighted by Crippen LogP contribution is 2.34. The number of amides is 1. The summed E-state index contributed by atoms with van der Waals surface area (Å²) in [5.41, 5.74) is 4.82. The number of ether oxygens (including phenoxy) is 1. The second-order valence-corrected chi connectivity index (χ2v) is 9.97. The highest BCUT2D eigenvalue weighted by molar-refractivity contribution is 5.97. The third kappa shape index (κ3) is 5.36. The first-order valence-corrected chi connectivity index (χ1v) is 12.9. The van der Waals surface area contributed by atoms with Crippen molar-refractivity contribution in [3.05, 3.63) is 101 Å². The lowest BCUT2D eigenvalue weighted by Gasteiger charge is -2.14. The third-order valence-electron chi connectivity index (χ3n) is 6.97. The number of aromatic nitrogens is 2. The molecule has 0 unspecified atom stereocenters. The molecule has 0 aliphatic heterocycles. The number of rotatable bonds is 8. The van der Waals surface area contributed by atoms with E-state index in [9.17, 15) is 13.6 Å². The molecule has 1 aromatic carbocycles. The van der Waals surface area contributed by atoms with E-state index in [1.165, 1.54) is 18.9 Å². The maximum absolute atomic E-state index is 13.7. The fourth-order valence-corrected chi connectivity index (χ4v) is 5.23. The second kappa shape index (κ2) is 10.7.